The molecule has 1 unspecified atom stereocenters. The molecule has 0 aliphatic heterocycles. The minimum absolute atomic E-state index is 0.550. The van der Waals surface area contributed by atoms with Crippen LogP contribution in [0.1, 0.15) is 61.2 Å². The van der Waals surface area contributed by atoms with Gasteiger partial charge in [-0.25, -0.2) is 0 Å². The Balaban J connectivity index is 0.000000298. The zero-order valence-electron chi connectivity index (χ0n) is 44.4. The Hall–Kier alpha value is -7.91. The lowest BCUT2D eigenvalue weighted by Crippen LogP contribution is -2.75. The van der Waals surface area contributed by atoms with Crippen LogP contribution in [-0.2, 0) is 82.4 Å². The minimum Gasteiger partial charge on any atom is -0.363 e. The Labute approximate surface area is 485 Å². The average molecular weight is 1290 g/mol. The zero-order chi connectivity index (χ0) is 65.4. The number of nitrogens with zero attached hydrogens (tertiary/aromatic N) is 1. The highest BCUT2D eigenvalue weighted by molar-refractivity contribution is 8.01. The van der Waals surface area contributed by atoms with Crippen molar-refractivity contribution in [1.82, 2.24) is 0 Å². The summed E-state index contributed by atoms with van der Waals surface area (Å²) in [7, 11) is -2.11. The first kappa shape index (κ1) is 67.6. The minimum atomic E-state index is -6.13. The van der Waals surface area contributed by atoms with Gasteiger partial charge in [-0.3, -0.25) is 0 Å². The maximum atomic E-state index is 14.2. The van der Waals surface area contributed by atoms with E-state index >= 15 is 0 Å². The molecular formula is C60H40BF24NOS. The van der Waals surface area contributed by atoms with Crippen molar-refractivity contribution >= 4 is 43.6 Å². The molecular weight excluding hydrogens is 1250 g/mol. The molecule has 468 valence electrons. The highest BCUT2D eigenvalue weighted by Crippen LogP contribution is 2.42. The molecule has 0 aliphatic rings. The second kappa shape index (κ2) is 24.6. The standard InChI is InChI=1S/C32H12BF24.C28H28NOS/c34-25(35,36)13-1-14(26(37,38)39)6-21(5-13)33(22-7-15(27(40,41)42)2-16(8-22)28(43,44)45,23-9-17(29(46,47)48)3-18(10-23)30(49,50)51)24-11-19(31(52,53)54)4-20(12-24)32(55,56)57;1-31(30,28-15-9-4-10-16-28)23-26-17-19-27(20-18-26)29(21-24-11-5-2-6-12-24)22-25-13-7-3-8-14-25/h1-12H;2-20H,21-23H2,1H3/q-1;+1. The Bertz CT molecular complexity index is 3280. The smallest absolute Gasteiger partial charge is 0.363 e. The number of hydrogen-bond acceptors (Lipinski definition) is 2. The van der Waals surface area contributed by atoms with Gasteiger partial charge in [-0.15, -0.1) is 0 Å². The Morgan fingerprint density at radius 3 is 0.761 bits per heavy atom. The molecule has 8 aromatic carbocycles. The van der Waals surface area contributed by atoms with Crippen LogP contribution < -0.4 is 26.8 Å². The Morgan fingerprint density at radius 2 is 0.534 bits per heavy atom. The van der Waals surface area contributed by atoms with E-state index in [9.17, 15) is 110 Å². The van der Waals surface area contributed by atoms with Gasteiger partial charge in [0, 0.05) is 24.3 Å². The number of hydrogen-bond donors (Lipinski definition) is 0. The summed E-state index contributed by atoms with van der Waals surface area (Å²) in [6, 6.07) is 30.6. The molecule has 88 heavy (non-hydrogen) atoms. The molecule has 0 heterocycles. The lowest BCUT2D eigenvalue weighted by Gasteiger charge is -2.46. The maximum Gasteiger partial charge on any atom is 0.416 e. The van der Waals surface area contributed by atoms with Crippen LogP contribution in [0.5, 0.6) is 0 Å². The first-order chi connectivity index (χ1) is 40.4. The molecule has 0 amide bonds. The van der Waals surface area contributed by atoms with E-state index in [2.05, 4.69) is 89.8 Å². The fourth-order valence-electron chi connectivity index (χ4n) is 9.83. The summed E-state index contributed by atoms with van der Waals surface area (Å²) in [5.41, 5.74) is -25.4. The SMILES string of the molecule is C[S+](=O)(Cc1ccc(N(Cc2ccccc2)Cc2ccccc2)cc1)c1ccccc1.FC(F)(F)c1cc([B-](c2cc(C(F)(F)F)cc(C(F)(F)F)c2)(c2cc(C(F)(F)F)cc(C(F)(F)F)c2)c2cc(C(F)(F)F)cc(C(F)(F)F)c2)cc(C(F)(F)F)c1. The molecule has 0 saturated carbocycles. The molecule has 0 saturated heterocycles. The maximum absolute atomic E-state index is 14.2. The van der Waals surface area contributed by atoms with E-state index in [-0.39, 0.29) is 0 Å². The van der Waals surface area contributed by atoms with Gasteiger partial charge in [-0.1, -0.05) is 144 Å². The summed E-state index contributed by atoms with van der Waals surface area (Å²) in [4.78, 5) is 3.29. The number of rotatable bonds is 12. The number of anilines is 1. The number of benzene rings is 8. The van der Waals surface area contributed by atoms with Crippen molar-refractivity contribution in [3.8, 4) is 0 Å². The first-order valence-corrected chi connectivity index (χ1v) is 27.3. The second-order valence-corrected chi connectivity index (χ2v) is 22.9. The van der Waals surface area contributed by atoms with Gasteiger partial charge >= 0.3 is 49.4 Å². The predicted octanol–water partition coefficient (Wildman–Crippen LogP) is 17.8. The molecule has 0 spiro atoms. The van der Waals surface area contributed by atoms with Crippen LogP contribution in [0.15, 0.2) is 193 Å². The molecule has 0 bridgehead atoms. The van der Waals surface area contributed by atoms with Gasteiger partial charge in [0.15, 0.2) is 4.90 Å². The van der Waals surface area contributed by atoms with Crippen molar-refractivity contribution < 1.29 is 110 Å². The highest BCUT2D eigenvalue weighted by Gasteiger charge is 2.47. The van der Waals surface area contributed by atoms with Gasteiger partial charge in [0.05, 0.1) is 44.5 Å². The fraction of sp³-hybridized carbons (Fsp3) is 0.200. The molecule has 8 rings (SSSR count). The van der Waals surface area contributed by atoms with Crippen molar-refractivity contribution in [3.05, 3.63) is 249 Å². The van der Waals surface area contributed by atoms with E-state index < -0.39 is 205 Å². The fourth-order valence-corrected chi connectivity index (χ4v) is 11.6. The number of halogens is 24. The van der Waals surface area contributed by atoms with Gasteiger partial charge in [0.2, 0.25) is 0 Å². The van der Waals surface area contributed by atoms with Crippen molar-refractivity contribution in [1.29, 1.82) is 0 Å². The summed E-state index contributed by atoms with van der Waals surface area (Å²) >= 11 is 0. The lowest BCUT2D eigenvalue weighted by atomic mass is 9.12. The van der Waals surface area contributed by atoms with Crippen LogP contribution in [0.4, 0.5) is 111 Å². The summed E-state index contributed by atoms with van der Waals surface area (Å²) in [5.74, 6) is 0.550. The van der Waals surface area contributed by atoms with Crippen LogP contribution in [0.2, 0.25) is 0 Å². The van der Waals surface area contributed by atoms with Crippen LogP contribution in [-0.4, -0.2) is 12.4 Å². The zero-order valence-corrected chi connectivity index (χ0v) is 45.2. The molecule has 1 atom stereocenters. The molecule has 0 fully saturated rings. The van der Waals surface area contributed by atoms with Crippen LogP contribution in [0.3, 0.4) is 0 Å². The predicted molar refractivity (Wildman–Crippen MR) is 282 cm³/mol. The van der Waals surface area contributed by atoms with Crippen LogP contribution in [0.25, 0.3) is 0 Å². The third-order valence-corrected chi connectivity index (χ3v) is 16.0. The monoisotopic (exact) mass is 1290 g/mol. The molecule has 8 aromatic rings. The van der Waals surface area contributed by atoms with Gasteiger partial charge < -0.3 is 4.90 Å². The molecule has 0 N–H and O–H groups in total. The van der Waals surface area contributed by atoms with E-state index in [0.717, 1.165) is 23.5 Å². The lowest BCUT2D eigenvalue weighted by molar-refractivity contribution is -0.144. The molecule has 28 heteroatoms. The van der Waals surface area contributed by atoms with Crippen molar-refractivity contribution in [2.75, 3.05) is 11.2 Å². The molecule has 0 aliphatic carbocycles. The van der Waals surface area contributed by atoms with E-state index in [1.165, 1.54) is 16.8 Å². The van der Waals surface area contributed by atoms with E-state index in [1.54, 1.807) is 0 Å². The summed E-state index contributed by atoms with van der Waals surface area (Å²) in [6.07, 6.45) is -53.0. The third kappa shape index (κ3) is 16.2. The van der Waals surface area contributed by atoms with Crippen molar-refractivity contribution in [2.24, 2.45) is 0 Å². The summed E-state index contributed by atoms with van der Waals surface area (Å²) < 4.78 is 354. The highest BCUT2D eigenvalue weighted by atomic mass is 32.2. The van der Waals surface area contributed by atoms with E-state index in [0.29, 0.717) is 5.75 Å². The average Bonchev–Trinajstić information content (AvgIpc) is 0.800. The van der Waals surface area contributed by atoms with Gasteiger partial charge in [-0.05, 0) is 59.7 Å². The Kier molecular flexibility index (Phi) is 18.9. The van der Waals surface area contributed by atoms with Crippen LogP contribution in [0, 0.1) is 0 Å². The third-order valence-electron chi connectivity index (χ3n) is 13.9. The molecule has 0 aromatic heterocycles. The topological polar surface area (TPSA) is 20.3 Å². The normalized spacial score (nSPS) is 13.8. The Morgan fingerprint density at radius 1 is 0.307 bits per heavy atom. The molecule has 0 radical (unpaired) electrons. The van der Waals surface area contributed by atoms with Crippen molar-refractivity contribution in [3.63, 3.8) is 0 Å². The van der Waals surface area contributed by atoms with E-state index in [4.69, 9.17) is 0 Å². The summed E-state index contributed by atoms with van der Waals surface area (Å²) in [5, 5.41) is 0. The van der Waals surface area contributed by atoms with Gasteiger partial charge in [0.1, 0.15) is 28.1 Å². The van der Waals surface area contributed by atoms with Crippen molar-refractivity contribution in [2.45, 2.75) is 73.1 Å². The molecule has 2 nitrogen and oxygen atoms in total. The van der Waals surface area contributed by atoms with Gasteiger partial charge in [0.25, 0.3) is 0 Å². The van der Waals surface area contributed by atoms with Gasteiger partial charge in [-0.2, -0.15) is 127 Å². The first-order valence-electron chi connectivity index (χ1n) is 25.2. The summed E-state index contributed by atoms with van der Waals surface area (Å²) in [6.45, 7) is 1.67. The van der Waals surface area contributed by atoms with Crippen LogP contribution >= 0.6 is 0 Å². The largest absolute Gasteiger partial charge is 0.416 e. The second-order valence-electron chi connectivity index (χ2n) is 20.2. The number of alkyl halides is 24. The van der Waals surface area contributed by atoms with E-state index in [1.807, 2.05) is 36.6 Å². The quantitative estimate of drug-likeness (QED) is 0.0690.